The second kappa shape index (κ2) is 6.44. The zero-order chi connectivity index (χ0) is 14.8. The predicted octanol–water partition coefficient (Wildman–Crippen LogP) is 5.41. The third-order valence-corrected chi connectivity index (χ3v) is 5.02. The van der Waals surface area contributed by atoms with Crippen LogP contribution in [-0.2, 0) is 0 Å². The number of hydrogen-bond donors (Lipinski definition) is 1. The van der Waals surface area contributed by atoms with Crippen molar-refractivity contribution in [3.63, 3.8) is 0 Å². The molecular weight excluding hydrogens is 273 g/mol. The molecule has 0 heterocycles. The Hall–Kier alpha value is -0.600. The van der Waals surface area contributed by atoms with Gasteiger partial charge in [0.15, 0.2) is 0 Å². The van der Waals surface area contributed by atoms with Gasteiger partial charge in [-0.25, -0.2) is 4.39 Å². The Morgan fingerprint density at radius 2 is 1.95 bits per heavy atom. The molecule has 1 N–H and O–H groups in total. The van der Waals surface area contributed by atoms with Gasteiger partial charge >= 0.3 is 0 Å². The van der Waals surface area contributed by atoms with Gasteiger partial charge in [0, 0.05) is 11.1 Å². The maximum Gasteiger partial charge on any atom is 0.127 e. The van der Waals surface area contributed by atoms with E-state index < -0.39 is 0 Å². The van der Waals surface area contributed by atoms with E-state index in [1.807, 2.05) is 6.07 Å². The van der Waals surface area contributed by atoms with E-state index in [0.29, 0.717) is 10.6 Å². The van der Waals surface area contributed by atoms with E-state index in [2.05, 4.69) is 19.2 Å². The number of halogens is 2. The summed E-state index contributed by atoms with van der Waals surface area (Å²) in [6.07, 6.45) is 6.28. The summed E-state index contributed by atoms with van der Waals surface area (Å²) in [5, 5.41) is 4.14. The lowest BCUT2D eigenvalue weighted by Gasteiger charge is -2.42. The predicted molar refractivity (Wildman–Crippen MR) is 83.8 cm³/mol. The summed E-state index contributed by atoms with van der Waals surface area (Å²) in [4.78, 5) is 0. The highest BCUT2D eigenvalue weighted by molar-refractivity contribution is 6.31. The Kier molecular flexibility index (Phi) is 5.09. The SMILES string of the molecule is CCNC(c1cc(C)c(F)cc1Cl)C1(C)CCCCC1. The lowest BCUT2D eigenvalue weighted by molar-refractivity contribution is 0.146. The van der Waals surface area contributed by atoms with E-state index in [-0.39, 0.29) is 17.3 Å². The third-order valence-electron chi connectivity index (χ3n) is 4.69. The first-order valence-electron chi connectivity index (χ1n) is 7.67. The zero-order valence-electron chi connectivity index (χ0n) is 12.7. The van der Waals surface area contributed by atoms with Gasteiger partial charge in [0.25, 0.3) is 0 Å². The van der Waals surface area contributed by atoms with Crippen LogP contribution in [0.2, 0.25) is 5.02 Å². The average molecular weight is 298 g/mol. The second-order valence-electron chi connectivity index (χ2n) is 6.33. The molecule has 1 aliphatic rings. The van der Waals surface area contributed by atoms with Crippen LogP contribution in [0.5, 0.6) is 0 Å². The van der Waals surface area contributed by atoms with Crippen molar-refractivity contribution in [2.75, 3.05) is 6.54 Å². The topological polar surface area (TPSA) is 12.0 Å². The van der Waals surface area contributed by atoms with Gasteiger partial charge in [-0.3, -0.25) is 0 Å². The molecule has 3 heteroatoms. The molecule has 0 amide bonds. The van der Waals surface area contributed by atoms with Crippen LogP contribution in [-0.4, -0.2) is 6.54 Å². The molecule has 0 radical (unpaired) electrons. The molecular formula is C17H25ClFN. The number of hydrogen-bond acceptors (Lipinski definition) is 1. The largest absolute Gasteiger partial charge is 0.310 e. The van der Waals surface area contributed by atoms with E-state index in [0.717, 1.165) is 12.1 Å². The van der Waals surface area contributed by atoms with Crippen LogP contribution in [0.1, 0.15) is 63.1 Å². The smallest absolute Gasteiger partial charge is 0.127 e. The molecule has 1 aliphatic carbocycles. The Bertz CT molecular complexity index is 466. The van der Waals surface area contributed by atoms with Crippen molar-refractivity contribution >= 4 is 11.6 Å². The van der Waals surface area contributed by atoms with Crippen molar-refractivity contribution < 1.29 is 4.39 Å². The molecule has 1 saturated carbocycles. The van der Waals surface area contributed by atoms with E-state index in [9.17, 15) is 4.39 Å². The fourth-order valence-corrected chi connectivity index (χ4v) is 3.74. The fraction of sp³-hybridized carbons (Fsp3) is 0.647. The molecule has 0 aromatic heterocycles. The second-order valence-corrected chi connectivity index (χ2v) is 6.74. The monoisotopic (exact) mass is 297 g/mol. The molecule has 2 rings (SSSR count). The van der Waals surface area contributed by atoms with Crippen LogP contribution in [0.3, 0.4) is 0 Å². The van der Waals surface area contributed by atoms with Crippen molar-refractivity contribution in [2.24, 2.45) is 5.41 Å². The normalized spacial score (nSPS) is 19.9. The van der Waals surface area contributed by atoms with Gasteiger partial charge in [-0.15, -0.1) is 0 Å². The summed E-state index contributed by atoms with van der Waals surface area (Å²) >= 11 is 6.33. The fourth-order valence-electron chi connectivity index (χ4n) is 3.48. The first-order chi connectivity index (χ1) is 9.48. The number of aryl methyl sites for hydroxylation is 1. The Labute approximate surface area is 126 Å². The molecule has 1 aromatic carbocycles. The number of benzene rings is 1. The van der Waals surface area contributed by atoms with Gasteiger partial charge in [-0.05, 0) is 48.9 Å². The van der Waals surface area contributed by atoms with Gasteiger partial charge in [0.05, 0.1) is 0 Å². The molecule has 1 fully saturated rings. The van der Waals surface area contributed by atoms with Crippen LogP contribution < -0.4 is 5.32 Å². The maximum atomic E-state index is 13.6. The van der Waals surface area contributed by atoms with Gasteiger partial charge in [0.1, 0.15) is 5.82 Å². The highest BCUT2D eigenvalue weighted by Crippen LogP contribution is 2.47. The molecule has 1 aromatic rings. The molecule has 1 nitrogen and oxygen atoms in total. The van der Waals surface area contributed by atoms with Gasteiger partial charge in [-0.2, -0.15) is 0 Å². The van der Waals surface area contributed by atoms with Crippen molar-refractivity contribution in [2.45, 2.75) is 58.9 Å². The molecule has 0 spiro atoms. The summed E-state index contributed by atoms with van der Waals surface area (Å²) < 4.78 is 13.6. The first kappa shape index (κ1) is 15.8. The third kappa shape index (κ3) is 3.17. The van der Waals surface area contributed by atoms with Crippen molar-refractivity contribution in [1.82, 2.24) is 5.32 Å². The van der Waals surface area contributed by atoms with E-state index >= 15 is 0 Å². The van der Waals surface area contributed by atoms with Crippen LogP contribution in [0.25, 0.3) is 0 Å². The molecule has 20 heavy (non-hydrogen) atoms. The first-order valence-corrected chi connectivity index (χ1v) is 8.04. The number of rotatable bonds is 4. The Morgan fingerprint density at radius 3 is 2.55 bits per heavy atom. The summed E-state index contributed by atoms with van der Waals surface area (Å²) in [6, 6.07) is 3.59. The highest BCUT2D eigenvalue weighted by Gasteiger charge is 2.37. The Balaban J connectivity index is 2.40. The lowest BCUT2D eigenvalue weighted by atomic mass is 9.68. The van der Waals surface area contributed by atoms with Crippen LogP contribution >= 0.6 is 11.6 Å². The summed E-state index contributed by atoms with van der Waals surface area (Å²) in [6.45, 7) is 7.16. The average Bonchev–Trinajstić information content (AvgIpc) is 2.41. The van der Waals surface area contributed by atoms with E-state index in [4.69, 9.17) is 11.6 Å². The quantitative estimate of drug-likeness (QED) is 0.783. The van der Waals surface area contributed by atoms with Crippen molar-refractivity contribution in [3.05, 3.63) is 34.1 Å². The van der Waals surface area contributed by atoms with Crippen molar-refractivity contribution in [3.8, 4) is 0 Å². The van der Waals surface area contributed by atoms with Crippen LogP contribution in [0.15, 0.2) is 12.1 Å². The van der Waals surface area contributed by atoms with Gasteiger partial charge in [-0.1, -0.05) is 50.8 Å². The van der Waals surface area contributed by atoms with Crippen LogP contribution in [0.4, 0.5) is 4.39 Å². The molecule has 0 aliphatic heterocycles. The molecule has 0 saturated heterocycles. The van der Waals surface area contributed by atoms with Gasteiger partial charge < -0.3 is 5.32 Å². The molecule has 0 bridgehead atoms. The molecule has 1 unspecified atom stereocenters. The minimum Gasteiger partial charge on any atom is -0.310 e. The summed E-state index contributed by atoms with van der Waals surface area (Å²) in [7, 11) is 0. The number of nitrogens with one attached hydrogen (secondary N) is 1. The van der Waals surface area contributed by atoms with E-state index in [1.165, 1.54) is 38.2 Å². The summed E-state index contributed by atoms with van der Waals surface area (Å²) in [5.74, 6) is -0.220. The van der Waals surface area contributed by atoms with E-state index in [1.54, 1.807) is 6.92 Å². The van der Waals surface area contributed by atoms with Crippen LogP contribution in [0, 0.1) is 18.2 Å². The minimum absolute atomic E-state index is 0.208. The summed E-state index contributed by atoms with van der Waals surface area (Å²) in [5.41, 5.74) is 1.94. The Morgan fingerprint density at radius 1 is 1.30 bits per heavy atom. The molecule has 1 atom stereocenters. The zero-order valence-corrected chi connectivity index (χ0v) is 13.5. The highest BCUT2D eigenvalue weighted by atomic mass is 35.5. The standard InChI is InChI=1S/C17H25ClFN/c1-4-20-16(17(3)8-6-5-7-9-17)13-10-12(2)15(19)11-14(13)18/h10-11,16,20H,4-9H2,1-3H3. The van der Waals surface area contributed by atoms with Crippen molar-refractivity contribution in [1.29, 1.82) is 0 Å². The maximum absolute atomic E-state index is 13.6. The minimum atomic E-state index is -0.220. The van der Waals surface area contributed by atoms with Gasteiger partial charge in [0.2, 0.25) is 0 Å². The molecule has 112 valence electrons. The lowest BCUT2D eigenvalue weighted by Crippen LogP contribution is -2.38.